The molecule has 0 aromatic rings. The van der Waals surface area contributed by atoms with Gasteiger partial charge in [-0.3, -0.25) is 9.59 Å². The van der Waals surface area contributed by atoms with Crippen LogP contribution >= 0.6 is 0 Å². The van der Waals surface area contributed by atoms with E-state index in [4.69, 9.17) is 0 Å². The molecule has 0 saturated heterocycles. The average Bonchev–Trinajstić information content (AvgIpc) is 2.89. The van der Waals surface area contributed by atoms with E-state index in [0.717, 1.165) is 57.8 Å². The summed E-state index contributed by atoms with van der Waals surface area (Å²) in [6, 6.07) is 0. The first-order chi connectivity index (χ1) is 12.5. The van der Waals surface area contributed by atoms with Crippen molar-refractivity contribution in [1.29, 1.82) is 0 Å². The van der Waals surface area contributed by atoms with E-state index < -0.39 is 0 Å². The first kappa shape index (κ1) is 22.9. The van der Waals surface area contributed by atoms with Crippen molar-refractivity contribution >= 4 is 11.8 Å². The van der Waals surface area contributed by atoms with Gasteiger partial charge in [0.2, 0.25) is 0 Å². The van der Waals surface area contributed by atoms with E-state index in [9.17, 15) is 14.7 Å². The number of Topliss-reactive ketones (excluding diaryl/α,β-unsaturated/α-hetero) is 1. The van der Waals surface area contributed by atoms with Crippen molar-refractivity contribution in [3.63, 3.8) is 0 Å². The number of aliphatic hydroxyl groups excluding tert-OH is 1. The molecular weight excluding hydrogens is 328 g/mol. The summed E-state index contributed by atoms with van der Waals surface area (Å²) < 4.78 is 4.64. The molecule has 0 aliphatic heterocycles. The van der Waals surface area contributed by atoms with Crippen LogP contribution in [0.1, 0.15) is 84.5 Å². The zero-order valence-electron chi connectivity index (χ0n) is 16.9. The predicted molar refractivity (Wildman–Crippen MR) is 105 cm³/mol. The lowest BCUT2D eigenvalue weighted by molar-refractivity contribution is -0.140. The van der Waals surface area contributed by atoms with Crippen molar-refractivity contribution < 1.29 is 19.4 Å². The molecule has 0 amide bonds. The van der Waals surface area contributed by atoms with Gasteiger partial charge in [0.25, 0.3) is 0 Å². The molecule has 4 heteroatoms. The maximum Gasteiger partial charge on any atom is 0.305 e. The third kappa shape index (κ3) is 8.48. The van der Waals surface area contributed by atoms with Crippen molar-refractivity contribution in [3.05, 3.63) is 12.2 Å². The van der Waals surface area contributed by atoms with Crippen LogP contribution in [0.5, 0.6) is 0 Å². The summed E-state index contributed by atoms with van der Waals surface area (Å²) in [6.07, 6.45) is 13.8. The van der Waals surface area contributed by atoms with Crippen molar-refractivity contribution in [2.24, 2.45) is 17.8 Å². The fourth-order valence-electron chi connectivity index (χ4n) is 3.94. The zero-order chi connectivity index (χ0) is 19.4. The van der Waals surface area contributed by atoms with E-state index >= 15 is 0 Å². The number of rotatable bonds is 13. The van der Waals surface area contributed by atoms with E-state index in [1.54, 1.807) is 0 Å². The first-order valence-corrected chi connectivity index (χ1v) is 10.5. The minimum atomic E-state index is -0.386. The number of carbonyl (C=O) groups is 2. The maximum atomic E-state index is 12.3. The summed E-state index contributed by atoms with van der Waals surface area (Å²) in [7, 11) is 1.42. The second kappa shape index (κ2) is 13.1. The molecule has 1 saturated carbocycles. The lowest BCUT2D eigenvalue weighted by Crippen LogP contribution is -2.16. The van der Waals surface area contributed by atoms with Crippen LogP contribution in [0.2, 0.25) is 0 Å². The second-order valence-corrected chi connectivity index (χ2v) is 7.81. The summed E-state index contributed by atoms with van der Waals surface area (Å²) >= 11 is 0. The average molecular weight is 367 g/mol. The Bertz CT molecular complexity index is 443. The highest BCUT2D eigenvalue weighted by atomic mass is 16.5. The fraction of sp³-hybridized carbons (Fsp3) is 0.818. The van der Waals surface area contributed by atoms with Gasteiger partial charge in [-0.1, -0.05) is 64.5 Å². The molecule has 1 unspecified atom stereocenters. The Labute approximate surface area is 159 Å². The molecule has 150 valence electrons. The number of methoxy groups -OCH3 is 1. The summed E-state index contributed by atoms with van der Waals surface area (Å²) in [6.45, 7) is 4.31. The number of allylic oxidation sites excluding steroid dienone is 1. The smallest absolute Gasteiger partial charge is 0.305 e. The maximum absolute atomic E-state index is 12.3. The lowest BCUT2D eigenvalue weighted by atomic mass is 9.85. The molecule has 1 N–H and O–H groups in total. The van der Waals surface area contributed by atoms with Crippen molar-refractivity contribution in [3.8, 4) is 0 Å². The van der Waals surface area contributed by atoms with Crippen LogP contribution in [-0.4, -0.2) is 30.1 Å². The molecule has 0 radical (unpaired) electrons. The molecule has 4 atom stereocenters. The van der Waals surface area contributed by atoms with Gasteiger partial charge >= 0.3 is 5.97 Å². The van der Waals surface area contributed by atoms with Gasteiger partial charge in [-0.05, 0) is 31.1 Å². The van der Waals surface area contributed by atoms with Gasteiger partial charge in [-0.2, -0.15) is 0 Å². The Hall–Kier alpha value is -1.16. The molecule has 0 spiro atoms. The van der Waals surface area contributed by atoms with Crippen LogP contribution in [-0.2, 0) is 14.3 Å². The topological polar surface area (TPSA) is 63.6 Å². The zero-order valence-corrected chi connectivity index (χ0v) is 16.9. The molecule has 0 aromatic carbocycles. The standard InChI is InChI=1S/C22H38O4/c1-4-5-8-11-18(23)14-15-19-17(2)16-21(24)20(19)12-9-6-7-10-13-22(25)26-3/h14-15,17-20,23H,4-13,16H2,1-3H3/b15-14+/t17-,18?,19+,20-/m1/s1. The number of carbonyl (C=O) groups excluding carboxylic acids is 2. The number of ketones is 1. The normalized spacial score (nSPS) is 24.3. The summed E-state index contributed by atoms with van der Waals surface area (Å²) in [5, 5.41) is 10.1. The van der Waals surface area contributed by atoms with Crippen molar-refractivity contribution in [2.75, 3.05) is 7.11 Å². The van der Waals surface area contributed by atoms with Crippen LogP contribution in [0.25, 0.3) is 0 Å². The Kier molecular flexibility index (Phi) is 11.5. The van der Waals surface area contributed by atoms with Gasteiger partial charge < -0.3 is 9.84 Å². The molecular formula is C22H38O4. The Balaban J connectivity index is 2.37. The molecule has 0 bridgehead atoms. The molecule has 26 heavy (non-hydrogen) atoms. The number of esters is 1. The third-order valence-corrected chi connectivity index (χ3v) is 5.59. The first-order valence-electron chi connectivity index (χ1n) is 10.5. The van der Waals surface area contributed by atoms with Crippen LogP contribution in [0.15, 0.2) is 12.2 Å². The summed E-state index contributed by atoms with van der Waals surface area (Å²) in [5.41, 5.74) is 0. The number of unbranched alkanes of at least 4 members (excludes halogenated alkanes) is 5. The molecule has 1 aliphatic carbocycles. The van der Waals surface area contributed by atoms with Crippen LogP contribution in [0.3, 0.4) is 0 Å². The molecule has 1 fully saturated rings. The van der Waals surface area contributed by atoms with E-state index in [1.807, 2.05) is 6.08 Å². The highest BCUT2D eigenvalue weighted by molar-refractivity contribution is 5.84. The highest BCUT2D eigenvalue weighted by Gasteiger charge is 2.37. The Morgan fingerprint density at radius 2 is 1.96 bits per heavy atom. The molecule has 0 aromatic heterocycles. The van der Waals surface area contributed by atoms with Gasteiger partial charge in [-0.25, -0.2) is 0 Å². The van der Waals surface area contributed by atoms with Gasteiger partial charge in [0, 0.05) is 18.8 Å². The van der Waals surface area contributed by atoms with Crippen molar-refractivity contribution in [1.82, 2.24) is 0 Å². The van der Waals surface area contributed by atoms with Crippen LogP contribution < -0.4 is 0 Å². The molecule has 4 nitrogen and oxygen atoms in total. The third-order valence-electron chi connectivity index (χ3n) is 5.59. The van der Waals surface area contributed by atoms with Gasteiger partial charge in [-0.15, -0.1) is 0 Å². The van der Waals surface area contributed by atoms with Gasteiger partial charge in [0.05, 0.1) is 13.2 Å². The lowest BCUT2D eigenvalue weighted by Gasteiger charge is -2.18. The monoisotopic (exact) mass is 366 g/mol. The van der Waals surface area contributed by atoms with Gasteiger partial charge in [0.15, 0.2) is 0 Å². The van der Waals surface area contributed by atoms with E-state index in [2.05, 4.69) is 24.7 Å². The molecule has 0 heterocycles. The van der Waals surface area contributed by atoms with Gasteiger partial charge in [0.1, 0.15) is 5.78 Å². The van der Waals surface area contributed by atoms with Crippen molar-refractivity contribution in [2.45, 2.75) is 90.6 Å². The summed E-state index contributed by atoms with van der Waals surface area (Å²) in [5.74, 6) is 0.962. The Morgan fingerprint density at radius 1 is 1.23 bits per heavy atom. The Morgan fingerprint density at radius 3 is 2.65 bits per heavy atom. The minimum absolute atomic E-state index is 0.102. The number of ether oxygens (including phenoxy) is 1. The SMILES string of the molecule is CCCCCC(O)/C=C/[C@H]1[C@H](C)CC(=O)[C@@H]1CCCCCCC(=O)OC. The minimum Gasteiger partial charge on any atom is -0.469 e. The van der Waals surface area contributed by atoms with E-state index in [0.29, 0.717) is 24.5 Å². The highest BCUT2D eigenvalue weighted by Crippen LogP contribution is 2.38. The van der Waals surface area contributed by atoms with E-state index in [1.165, 1.54) is 7.11 Å². The number of hydrogen-bond acceptors (Lipinski definition) is 4. The number of hydrogen-bond donors (Lipinski definition) is 1. The second-order valence-electron chi connectivity index (χ2n) is 7.81. The largest absolute Gasteiger partial charge is 0.469 e. The fourth-order valence-corrected chi connectivity index (χ4v) is 3.94. The van der Waals surface area contributed by atoms with Crippen LogP contribution in [0.4, 0.5) is 0 Å². The molecule has 1 rings (SSSR count). The summed E-state index contributed by atoms with van der Waals surface area (Å²) in [4.78, 5) is 23.4. The van der Waals surface area contributed by atoms with E-state index in [-0.39, 0.29) is 23.9 Å². The quantitative estimate of drug-likeness (QED) is 0.288. The van der Waals surface area contributed by atoms with Crippen LogP contribution in [0, 0.1) is 17.8 Å². The molecule has 1 aliphatic rings. The predicted octanol–water partition coefficient (Wildman–Crippen LogP) is 4.84. The number of aliphatic hydroxyl groups is 1.